The molecule has 0 spiro atoms. The second kappa shape index (κ2) is 5.80. The zero-order valence-corrected chi connectivity index (χ0v) is 13.2. The fourth-order valence-corrected chi connectivity index (χ4v) is 2.11. The van der Waals surface area contributed by atoms with Gasteiger partial charge in [0.05, 0.1) is 4.47 Å². The van der Waals surface area contributed by atoms with Crippen molar-refractivity contribution < 1.29 is 4.74 Å². The molecule has 0 saturated carbocycles. The summed E-state index contributed by atoms with van der Waals surface area (Å²) in [5, 5.41) is 0. The number of aromatic nitrogens is 2. The molecule has 3 nitrogen and oxygen atoms in total. The van der Waals surface area contributed by atoms with Crippen LogP contribution >= 0.6 is 31.9 Å². The minimum Gasteiger partial charge on any atom is -0.438 e. The third-order valence-corrected chi connectivity index (χ3v) is 3.32. The maximum absolute atomic E-state index is 5.75. The van der Waals surface area contributed by atoms with Gasteiger partial charge in [-0.2, -0.15) is 4.98 Å². The number of para-hydroxylation sites is 1. The quantitative estimate of drug-likeness (QED) is 0.718. The van der Waals surface area contributed by atoms with Crippen LogP contribution in [0.15, 0.2) is 39.4 Å². The molecule has 0 aliphatic rings. The van der Waals surface area contributed by atoms with Crippen LogP contribution in [0.2, 0.25) is 0 Å². The topological polar surface area (TPSA) is 35.0 Å². The lowest BCUT2D eigenvalue weighted by molar-refractivity contribution is 0.453. The van der Waals surface area contributed by atoms with E-state index in [4.69, 9.17) is 4.74 Å². The SMILES string of the molecule is CC(C)c1nc(Br)cc(Oc2ccccc2Br)n1. The summed E-state index contributed by atoms with van der Waals surface area (Å²) in [6.45, 7) is 4.09. The zero-order chi connectivity index (χ0) is 13.1. The van der Waals surface area contributed by atoms with Crippen LogP contribution in [0.3, 0.4) is 0 Å². The van der Waals surface area contributed by atoms with E-state index in [9.17, 15) is 0 Å². The van der Waals surface area contributed by atoms with Gasteiger partial charge in [-0.3, -0.25) is 0 Å². The van der Waals surface area contributed by atoms with Gasteiger partial charge in [-0.05, 0) is 44.0 Å². The Morgan fingerprint density at radius 3 is 2.50 bits per heavy atom. The highest BCUT2D eigenvalue weighted by Crippen LogP contribution is 2.29. The van der Waals surface area contributed by atoms with Gasteiger partial charge in [-0.15, -0.1) is 0 Å². The van der Waals surface area contributed by atoms with Crippen molar-refractivity contribution in [2.45, 2.75) is 19.8 Å². The molecule has 1 aromatic heterocycles. The fourth-order valence-electron chi connectivity index (χ4n) is 1.36. The summed E-state index contributed by atoms with van der Waals surface area (Å²) in [5.74, 6) is 2.28. The molecule has 0 unspecified atom stereocenters. The highest BCUT2D eigenvalue weighted by molar-refractivity contribution is 9.10. The Morgan fingerprint density at radius 2 is 1.83 bits per heavy atom. The lowest BCUT2D eigenvalue weighted by Crippen LogP contribution is -2.00. The molecule has 0 aliphatic heterocycles. The van der Waals surface area contributed by atoms with Crippen LogP contribution in [-0.2, 0) is 0 Å². The van der Waals surface area contributed by atoms with E-state index in [0.29, 0.717) is 5.88 Å². The summed E-state index contributed by atoms with van der Waals surface area (Å²) in [7, 11) is 0. The zero-order valence-electron chi connectivity index (χ0n) is 10.0. The summed E-state index contributed by atoms with van der Waals surface area (Å²) in [5.41, 5.74) is 0. The molecule has 18 heavy (non-hydrogen) atoms. The standard InChI is InChI=1S/C13H12Br2N2O/c1-8(2)13-16-11(15)7-12(17-13)18-10-6-4-3-5-9(10)14/h3-8H,1-2H3. The first-order chi connectivity index (χ1) is 8.56. The Bertz CT molecular complexity index is 558. The number of nitrogens with zero attached hydrogens (tertiary/aromatic N) is 2. The Labute approximate surface area is 123 Å². The first kappa shape index (κ1) is 13.5. The Morgan fingerprint density at radius 1 is 1.11 bits per heavy atom. The summed E-state index contributed by atoms with van der Waals surface area (Å²) < 4.78 is 7.37. The van der Waals surface area contributed by atoms with Crippen molar-refractivity contribution in [3.05, 3.63) is 45.2 Å². The van der Waals surface area contributed by atoms with Gasteiger partial charge in [0.25, 0.3) is 0 Å². The highest BCUT2D eigenvalue weighted by atomic mass is 79.9. The van der Waals surface area contributed by atoms with Gasteiger partial charge < -0.3 is 4.74 Å². The average Bonchev–Trinajstić information content (AvgIpc) is 2.31. The molecule has 2 rings (SSSR count). The first-order valence-electron chi connectivity index (χ1n) is 5.53. The lowest BCUT2D eigenvalue weighted by atomic mass is 10.2. The number of halogens is 2. The monoisotopic (exact) mass is 370 g/mol. The van der Waals surface area contributed by atoms with Crippen LogP contribution < -0.4 is 4.74 Å². The van der Waals surface area contributed by atoms with Gasteiger partial charge in [0, 0.05) is 12.0 Å². The van der Waals surface area contributed by atoms with Crippen LogP contribution in [-0.4, -0.2) is 9.97 Å². The lowest BCUT2D eigenvalue weighted by Gasteiger charge is -2.09. The maximum atomic E-state index is 5.75. The van der Waals surface area contributed by atoms with Crippen molar-refractivity contribution in [1.29, 1.82) is 0 Å². The Balaban J connectivity index is 2.32. The van der Waals surface area contributed by atoms with Gasteiger partial charge in [0.2, 0.25) is 5.88 Å². The van der Waals surface area contributed by atoms with E-state index in [1.54, 1.807) is 6.07 Å². The van der Waals surface area contributed by atoms with Gasteiger partial charge in [-0.25, -0.2) is 4.98 Å². The predicted octanol–water partition coefficient (Wildman–Crippen LogP) is 4.92. The Hall–Kier alpha value is -0.940. The van der Waals surface area contributed by atoms with Crippen molar-refractivity contribution in [2.24, 2.45) is 0 Å². The fraction of sp³-hybridized carbons (Fsp3) is 0.231. The third-order valence-electron chi connectivity index (χ3n) is 2.26. The van der Waals surface area contributed by atoms with Crippen LogP contribution in [0.4, 0.5) is 0 Å². The number of rotatable bonds is 3. The maximum Gasteiger partial charge on any atom is 0.223 e. The molecule has 94 valence electrons. The molecule has 0 N–H and O–H groups in total. The van der Waals surface area contributed by atoms with E-state index in [-0.39, 0.29) is 5.92 Å². The van der Waals surface area contributed by atoms with Crippen molar-refractivity contribution >= 4 is 31.9 Å². The molecule has 0 fully saturated rings. The van der Waals surface area contributed by atoms with E-state index in [1.807, 2.05) is 38.1 Å². The van der Waals surface area contributed by atoms with Crippen LogP contribution in [0.1, 0.15) is 25.6 Å². The second-order valence-corrected chi connectivity index (χ2v) is 5.74. The highest BCUT2D eigenvalue weighted by Gasteiger charge is 2.09. The molecule has 0 aliphatic carbocycles. The molecule has 0 saturated heterocycles. The van der Waals surface area contributed by atoms with Crippen molar-refractivity contribution in [3.63, 3.8) is 0 Å². The molecule has 5 heteroatoms. The van der Waals surface area contributed by atoms with Crippen molar-refractivity contribution in [1.82, 2.24) is 9.97 Å². The summed E-state index contributed by atoms with van der Waals surface area (Å²) in [6, 6.07) is 9.42. The van der Waals surface area contributed by atoms with E-state index in [0.717, 1.165) is 20.6 Å². The largest absolute Gasteiger partial charge is 0.438 e. The predicted molar refractivity (Wildman–Crippen MR) is 78.0 cm³/mol. The Kier molecular flexibility index (Phi) is 4.35. The normalized spacial score (nSPS) is 10.7. The summed E-state index contributed by atoms with van der Waals surface area (Å²) >= 11 is 6.81. The van der Waals surface area contributed by atoms with Crippen molar-refractivity contribution in [2.75, 3.05) is 0 Å². The molecule has 0 atom stereocenters. The van der Waals surface area contributed by atoms with Gasteiger partial charge >= 0.3 is 0 Å². The molecule has 0 amide bonds. The third kappa shape index (κ3) is 3.29. The van der Waals surface area contributed by atoms with Crippen LogP contribution in [0.5, 0.6) is 11.6 Å². The van der Waals surface area contributed by atoms with E-state index in [2.05, 4.69) is 41.8 Å². The molecule has 1 aromatic carbocycles. The number of hydrogen-bond acceptors (Lipinski definition) is 3. The summed E-state index contributed by atoms with van der Waals surface area (Å²) in [4.78, 5) is 8.70. The average molecular weight is 372 g/mol. The molecule has 1 heterocycles. The number of ether oxygens (including phenoxy) is 1. The number of benzene rings is 1. The minimum atomic E-state index is 0.254. The summed E-state index contributed by atoms with van der Waals surface area (Å²) in [6.07, 6.45) is 0. The number of hydrogen-bond donors (Lipinski definition) is 0. The second-order valence-electron chi connectivity index (χ2n) is 4.07. The van der Waals surface area contributed by atoms with E-state index in [1.165, 1.54) is 0 Å². The van der Waals surface area contributed by atoms with Crippen LogP contribution in [0.25, 0.3) is 0 Å². The van der Waals surface area contributed by atoms with Crippen LogP contribution in [0, 0.1) is 0 Å². The first-order valence-corrected chi connectivity index (χ1v) is 7.11. The van der Waals surface area contributed by atoms with E-state index < -0.39 is 0 Å². The molecular weight excluding hydrogens is 360 g/mol. The van der Waals surface area contributed by atoms with Gasteiger partial charge in [-0.1, -0.05) is 26.0 Å². The van der Waals surface area contributed by atoms with Gasteiger partial charge in [0.1, 0.15) is 16.2 Å². The molecule has 2 aromatic rings. The van der Waals surface area contributed by atoms with E-state index >= 15 is 0 Å². The smallest absolute Gasteiger partial charge is 0.223 e. The molecular formula is C13H12Br2N2O. The molecule has 0 radical (unpaired) electrons. The minimum absolute atomic E-state index is 0.254. The molecule has 0 bridgehead atoms. The van der Waals surface area contributed by atoms with Gasteiger partial charge in [0.15, 0.2) is 0 Å². The van der Waals surface area contributed by atoms with Crippen molar-refractivity contribution in [3.8, 4) is 11.6 Å².